The minimum Gasteiger partial charge on any atom is -0.506 e. The lowest BCUT2D eigenvalue weighted by Gasteiger charge is -2.14. The lowest BCUT2D eigenvalue weighted by atomic mass is 10.1. The summed E-state index contributed by atoms with van der Waals surface area (Å²) in [6, 6.07) is 11.4. The van der Waals surface area contributed by atoms with Gasteiger partial charge in [-0.3, -0.25) is 4.98 Å². The Bertz CT molecular complexity index is 513. The van der Waals surface area contributed by atoms with Crippen LogP contribution in [0.25, 0.3) is 0 Å². The predicted octanol–water partition coefficient (Wildman–Crippen LogP) is 3.29. The number of hydrogen-bond donors (Lipinski definition) is 2. The first-order valence-electron chi connectivity index (χ1n) is 5.78. The van der Waals surface area contributed by atoms with Gasteiger partial charge in [-0.05, 0) is 36.8 Å². The van der Waals surface area contributed by atoms with Crippen molar-refractivity contribution >= 4 is 11.6 Å². The minimum absolute atomic E-state index is 0.182. The molecular weight excluding hydrogens is 248 g/mol. The average Bonchev–Trinajstić information content (AvgIpc) is 2.38. The SMILES string of the molecule is C[C@@H](NCc1ccc(O)cn1)c1cccc(Cl)c1. The van der Waals surface area contributed by atoms with E-state index < -0.39 is 0 Å². The molecule has 2 N–H and O–H groups in total. The van der Waals surface area contributed by atoms with Crippen molar-refractivity contribution in [2.45, 2.75) is 19.5 Å². The Morgan fingerprint density at radius 2 is 2.17 bits per heavy atom. The average molecular weight is 263 g/mol. The standard InChI is InChI=1S/C14H15ClN2O/c1-10(11-3-2-4-12(15)7-11)16-8-13-5-6-14(18)9-17-13/h2-7,9-10,16,18H,8H2,1H3/t10-/m1/s1. The highest BCUT2D eigenvalue weighted by atomic mass is 35.5. The van der Waals surface area contributed by atoms with Crippen molar-refractivity contribution in [3.8, 4) is 5.75 Å². The molecule has 1 atom stereocenters. The molecule has 18 heavy (non-hydrogen) atoms. The first-order valence-corrected chi connectivity index (χ1v) is 6.15. The zero-order chi connectivity index (χ0) is 13.0. The van der Waals surface area contributed by atoms with Gasteiger partial charge in [0.15, 0.2) is 0 Å². The Balaban J connectivity index is 1.96. The van der Waals surface area contributed by atoms with Gasteiger partial charge in [-0.2, -0.15) is 0 Å². The summed E-state index contributed by atoms with van der Waals surface area (Å²) in [6.07, 6.45) is 1.45. The molecular formula is C14H15ClN2O. The first kappa shape index (κ1) is 12.9. The molecule has 0 radical (unpaired) electrons. The van der Waals surface area contributed by atoms with Gasteiger partial charge >= 0.3 is 0 Å². The topological polar surface area (TPSA) is 45.1 Å². The number of pyridine rings is 1. The smallest absolute Gasteiger partial charge is 0.133 e. The van der Waals surface area contributed by atoms with Gasteiger partial charge < -0.3 is 10.4 Å². The van der Waals surface area contributed by atoms with Crippen LogP contribution >= 0.6 is 11.6 Å². The monoisotopic (exact) mass is 262 g/mol. The van der Waals surface area contributed by atoms with Crippen molar-refractivity contribution in [1.29, 1.82) is 0 Å². The predicted molar refractivity (Wildman–Crippen MR) is 72.6 cm³/mol. The van der Waals surface area contributed by atoms with Crippen LogP contribution in [-0.4, -0.2) is 10.1 Å². The summed E-state index contributed by atoms with van der Waals surface area (Å²) >= 11 is 5.96. The molecule has 2 aromatic rings. The van der Waals surface area contributed by atoms with Crippen LogP contribution in [0.5, 0.6) is 5.75 Å². The summed E-state index contributed by atoms with van der Waals surface area (Å²) in [5.41, 5.74) is 2.03. The maximum absolute atomic E-state index is 9.15. The molecule has 4 heteroatoms. The van der Waals surface area contributed by atoms with E-state index in [1.54, 1.807) is 12.1 Å². The highest BCUT2D eigenvalue weighted by molar-refractivity contribution is 6.30. The van der Waals surface area contributed by atoms with Crippen LogP contribution in [0.2, 0.25) is 5.02 Å². The lowest BCUT2D eigenvalue weighted by Crippen LogP contribution is -2.18. The van der Waals surface area contributed by atoms with Gasteiger partial charge in [-0.15, -0.1) is 0 Å². The molecule has 1 aromatic carbocycles. The molecule has 2 rings (SSSR count). The van der Waals surface area contributed by atoms with Gasteiger partial charge in [0.2, 0.25) is 0 Å². The van der Waals surface area contributed by atoms with Gasteiger partial charge in [0.05, 0.1) is 11.9 Å². The maximum atomic E-state index is 9.15. The molecule has 3 nitrogen and oxygen atoms in total. The number of benzene rings is 1. The number of hydrogen-bond acceptors (Lipinski definition) is 3. The third-order valence-electron chi connectivity index (χ3n) is 2.75. The van der Waals surface area contributed by atoms with E-state index in [0.29, 0.717) is 6.54 Å². The quantitative estimate of drug-likeness (QED) is 0.889. The third-order valence-corrected chi connectivity index (χ3v) is 2.98. The van der Waals surface area contributed by atoms with E-state index in [-0.39, 0.29) is 11.8 Å². The fraction of sp³-hybridized carbons (Fsp3) is 0.214. The number of rotatable bonds is 4. The van der Waals surface area contributed by atoms with Gasteiger partial charge in [0.1, 0.15) is 5.75 Å². The van der Waals surface area contributed by atoms with E-state index in [1.807, 2.05) is 24.3 Å². The second-order valence-corrected chi connectivity index (χ2v) is 4.60. The molecule has 0 unspecified atom stereocenters. The minimum atomic E-state index is 0.182. The Labute approximate surface area is 111 Å². The second-order valence-electron chi connectivity index (χ2n) is 4.17. The van der Waals surface area contributed by atoms with Gasteiger partial charge in [-0.1, -0.05) is 23.7 Å². The van der Waals surface area contributed by atoms with E-state index in [0.717, 1.165) is 16.3 Å². The van der Waals surface area contributed by atoms with Crippen LogP contribution in [-0.2, 0) is 6.54 Å². The maximum Gasteiger partial charge on any atom is 0.133 e. The summed E-state index contributed by atoms with van der Waals surface area (Å²) < 4.78 is 0. The Morgan fingerprint density at radius 3 is 2.83 bits per heavy atom. The highest BCUT2D eigenvalue weighted by Crippen LogP contribution is 2.17. The Kier molecular flexibility index (Phi) is 4.18. The molecule has 0 aliphatic heterocycles. The summed E-state index contributed by atoms with van der Waals surface area (Å²) in [6.45, 7) is 2.72. The summed E-state index contributed by atoms with van der Waals surface area (Å²) in [7, 11) is 0. The van der Waals surface area contributed by atoms with Crippen LogP contribution in [0.15, 0.2) is 42.6 Å². The number of halogens is 1. The lowest BCUT2D eigenvalue weighted by molar-refractivity contribution is 0.471. The Morgan fingerprint density at radius 1 is 1.33 bits per heavy atom. The van der Waals surface area contributed by atoms with E-state index in [2.05, 4.69) is 17.2 Å². The molecule has 0 bridgehead atoms. The van der Waals surface area contributed by atoms with E-state index in [1.165, 1.54) is 6.20 Å². The summed E-state index contributed by atoms with van der Waals surface area (Å²) in [5, 5.41) is 13.2. The van der Waals surface area contributed by atoms with Crippen LogP contribution < -0.4 is 5.32 Å². The molecule has 94 valence electrons. The second kappa shape index (κ2) is 5.85. The van der Waals surface area contributed by atoms with Crippen LogP contribution in [0.1, 0.15) is 24.2 Å². The van der Waals surface area contributed by atoms with Gasteiger partial charge in [0.25, 0.3) is 0 Å². The zero-order valence-electron chi connectivity index (χ0n) is 10.1. The molecule has 0 spiro atoms. The van der Waals surface area contributed by atoms with Crippen molar-refractivity contribution in [2.75, 3.05) is 0 Å². The number of aromatic nitrogens is 1. The van der Waals surface area contributed by atoms with Gasteiger partial charge in [0, 0.05) is 17.6 Å². The molecule has 0 aliphatic rings. The molecule has 0 saturated heterocycles. The van der Waals surface area contributed by atoms with Gasteiger partial charge in [-0.25, -0.2) is 0 Å². The first-order chi connectivity index (χ1) is 8.65. The normalized spacial score (nSPS) is 12.3. The molecule has 1 aromatic heterocycles. The van der Waals surface area contributed by atoms with Crippen molar-refractivity contribution in [3.05, 3.63) is 58.9 Å². The molecule has 0 saturated carbocycles. The van der Waals surface area contributed by atoms with Crippen molar-refractivity contribution in [2.24, 2.45) is 0 Å². The highest BCUT2D eigenvalue weighted by Gasteiger charge is 2.05. The van der Waals surface area contributed by atoms with E-state index in [4.69, 9.17) is 16.7 Å². The number of nitrogens with zero attached hydrogens (tertiary/aromatic N) is 1. The van der Waals surface area contributed by atoms with Crippen LogP contribution in [0.3, 0.4) is 0 Å². The van der Waals surface area contributed by atoms with Crippen molar-refractivity contribution < 1.29 is 5.11 Å². The van der Waals surface area contributed by atoms with Crippen molar-refractivity contribution in [3.63, 3.8) is 0 Å². The number of aromatic hydroxyl groups is 1. The van der Waals surface area contributed by atoms with Crippen LogP contribution in [0, 0.1) is 0 Å². The third kappa shape index (κ3) is 3.45. The summed E-state index contributed by atoms with van der Waals surface area (Å²) in [5.74, 6) is 0.182. The van der Waals surface area contributed by atoms with E-state index in [9.17, 15) is 0 Å². The molecule has 0 amide bonds. The van der Waals surface area contributed by atoms with E-state index >= 15 is 0 Å². The Hall–Kier alpha value is -1.58. The zero-order valence-corrected chi connectivity index (χ0v) is 10.9. The number of nitrogens with one attached hydrogen (secondary N) is 1. The van der Waals surface area contributed by atoms with Crippen LogP contribution in [0.4, 0.5) is 0 Å². The fourth-order valence-corrected chi connectivity index (χ4v) is 1.87. The molecule has 0 fully saturated rings. The largest absolute Gasteiger partial charge is 0.506 e. The fourth-order valence-electron chi connectivity index (χ4n) is 1.67. The molecule has 0 aliphatic carbocycles. The van der Waals surface area contributed by atoms with Crippen molar-refractivity contribution in [1.82, 2.24) is 10.3 Å². The summed E-state index contributed by atoms with van der Waals surface area (Å²) in [4.78, 5) is 4.12. The molecule has 1 heterocycles.